The monoisotopic (exact) mass is 448 g/mol. The summed E-state index contributed by atoms with van der Waals surface area (Å²) in [5.74, 6) is 0.690. The van der Waals surface area contributed by atoms with Gasteiger partial charge in [0.15, 0.2) is 0 Å². The van der Waals surface area contributed by atoms with Gasteiger partial charge in [-0.25, -0.2) is 4.79 Å². The minimum absolute atomic E-state index is 0.0341. The summed E-state index contributed by atoms with van der Waals surface area (Å²) in [7, 11) is 0. The van der Waals surface area contributed by atoms with Crippen molar-refractivity contribution >= 4 is 23.5 Å². The Morgan fingerprint density at radius 1 is 1.09 bits per heavy atom. The number of aliphatic imine (C=N–C) groups is 1. The van der Waals surface area contributed by atoms with Crippen LogP contribution in [0.4, 0.5) is 4.79 Å². The van der Waals surface area contributed by atoms with E-state index in [1.165, 1.54) is 22.3 Å². The van der Waals surface area contributed by atoms with Crippen LogP contribution in [0.2, 0.25) is 0 Å². The van der Waals surface area contributed by atoms with Gasteiger partial charge in [0.25, 0.3) is 0 Å². The molecule has 2 heterocycles. The minimum Gasteiger partial charge on any atom is -0.444 e. The van der Waals surface area contributed by atoms with E-state index >= 15 is 0 Å². The third kappa shape index (κ3) is 6.16. The molecule has 0 saturated carbocycles. The van der Waals surface area contributed by atoms with Gasteiger partial charge >= 0.3 is 6.09 Å². The molecule has 1 aliphatic carbocycles. The average molecular weight is 449 g/mol. The van der Waals surface area contributed by atoms with Crippen LogP contribution in [0.15, 0.2) is 35.5 Å². The number of fused-ring (bicyclic) bond motifs is 1. The lowest BCUT2D eigenvalue weighted by Gasteiger charge is -2.36. The number of likely N-dealkylation sites (tertiary alicyclic amines) is 1. The number of nitrogens with zero attached hydrogens (tertiary/aromatic N) is 2. The Balaban J connectivity index is 1.59. The van der Waals surface area contributed by atoms with Gasteiger partial charge in [-0.05, 0) is 107 Å². The Kier molecular flexibility index (Phi) is 7.41. The number of hydrogen-bond acceptors (Lipinski definition) is 3. The zero-order valence-electron chi connectivity index (χ0n) is 20.9. The first-order valence-corrected chi connectivity index (χ1v) is 12.9. The third-order valence-corrected chi connectivity index (χ3v) is 7.07. The second-order valence-corrected chi connectivity index (χ2v) is 11.0. The van der Waals surface area contributed by atoms with E-state index in [1.807, 2.05) is 25.7 Å². The van der Waals surface area contributed by atoms with E-state index in [2.05, 4.69) is 43.5 Å². The molecule has 1 saturated heterocycles. The lowest BCUT2D eigenvalue weighted by molar-refractivity contribution is 0.0183. The molecule has 4 nitrogen and oxygen atoms in total. The van der Waals surface area contributed by atoms with Gasteiger partial charge < -0.3 is 4.74 Å². The molecule has 178 valence electrons. The molecule has 2 unspecified atom stereocenters. The molecule has 1 fully saturated rings. The molecule has 4 heteroatoms. The second kappa shape index (κ2) is 10.3. The molecule has 2 aliphatic heterocycles. The first kappa shape index (κ1) is 23.8. The number of allylic oxidation sites excluding steroid dienone is 2. The molecular weight excluding hydrogens is 408 g/mol. The van der Waals surface area contributed by atoms with Crippen LogP contribution in [0.25, 0.3) is 11.6 Å². The number of aryl methyl sites for hydroxylation is 1. The first-order valence-electron chi connectivity index (χ1n) is 12.9. The van der Waals surface area contributed by atoms with Gasteiger partial charge in [0, 0.05) is 18.5 Å². The van der Waals surface area contributed by atoms with Crippen molar-refractivity contribution in [3.05, 3.63) is 47.2 Å². The molecule has 4 rings (SSSR count). The molecule has 0 bridgehead atoms. The maximum atomic E-state index is 13.1. The number of ether oxygens (including phenoxy) is 1. The molecule has 1 amide bonds. The number of amides is 1. The zero-order chi connectivity index (χ0) is 23.4. The van der Waals surface area contributed by atoms with Crippen molar-refractivity contribution in [3.8, 4) is 0 Å². The number of carbonyl (C=O) groups is 1. The molecule has 0 radical (unpaired) electrons. The summed E-state index contributed by atoms with van der Waals surface area (Å²) < 4.78 is 5.81. The van der Waals surface area contributed by atoms with Crippen molar-refractivity contribution < 1.29 is 9.53 Å². The highest BCUT2D eigenvalue weighted by Gasteiger charge is 2.33. The van der Waals surface area contributed by atoms with E-state index in [1.54, 1.807) is 0 Å². The van der Waals surface area contributed by atoms with Crippen LogP contribution in [0, 0.1) is 5.92 Å². The van der Waals surface area contributed by atoms with Crippen LogP contribution >= 0.6 is 0 Å². The Hall–Kier alpha value is -2.36. The second-order valence-electron chi connectivity index (χ2n) is 11.0. The maximum absolute atomic E-state index is 13.1. The number of carbonyl (C=O) groups excluding carboxylic acids is 1. The van der Waals surface area contributed by atoms with Crippen molar-refractivity contribution in [1.82, 2.24) is 4.90 Å². The van der Waals surface area contributed by atoms with Crippen molar-refractivity contribution in [1.29, 1.82) is 0 Å². The van der Waals surface area contributed by atoms with Crippen LogP contribution in [0.5, 0.6) is 0 Å². The minimum atomic E-state index is -0.489. The summed E-state index contributed by atoms with van der Waals surface area (Å²) in [4.78, 5) is 20.2. The standard InChI is InChI=1S/C29H40N2O2/c1-21-9-8-18-31(28(32)33-29(2,3)4)27(17-14-21)26-13-7-12-25(20-30-26)24-16-15-22-10-5-6-11-23(22)19-24/h5,10,15-16,19-21,27H,6-9,11-14,17-18H2,1-4H3. The SMILES string of the molecule is CC1CCCN(C(=O)OC(C)(C)C)C(C2=NC=C(c3ccc4c(c3)CCC=C4)CCC2)CC1. The quantitative estimate of drug-likeness (QED) is 0.472. The number of hydrogen-bond donors (Lipinski definition) is 0. The summed E-state index contributed by atoms with van der Waals surface area (Å²) in [6, 6.07) is 6.88. The van der Waals surface area contributed by atoms with Gasteiger partial charge in [0.05, 0.1) is 6.04 Å². The third-order valence-electron chi connectivity index (χ3n) is 7.07. The molecular formula is C29H40N2O2. The summed E-state index contributed by atoms with van der Waals surface area (Å²) in [6.45, 7) is 8.91. The van der Waals surface area contributed by atoms with Crippen molar-refractivity contribution in [2.75, 3.05) is 6.54 Å². The summed E-state index contributed by atoms with van der Waals surface area (Å²) in [5.41, 5.74) is 6.05. The first-order chi connectivity index (χ1) is 15.8. The molecule has 33 heavy (non-hydrogen) atoms. The molecule has 0 aromatic heterocycles. The van der Waals surface area contributed by atoms with E-state index in [-0.39, 0.29) is 12.1 Å². The Bertz CT molecular complexity index is 951. The number of benzene rings is 1. The Labute approximate surface area is 199 Å². The van der Waals surface area contributed by atoms with Crippen molar-refractivity contribution in [2.24, 2.45) is 10.9 Å². The fourth-order valence-electron chi connectivity index (χ4n) is 5.25. The summed E-state index contributed by atoms with van der Waals surface area (Å²) in [6.07, 6.45) is 15.9. The number of rotatable bonds is 2. The zero-order valence-corrected chi connectivity index (χ0v) is 20.9. The van der Waals surface area contributed by atoms with E-state index < -0.39 is 5.60 Å². The lowest BCUT2D eigenvalue weighted by atomic mass is 9.90. The van der Waals surface area contributed by atoms with E-state index in [0.29, 0.717) is 5.92 Å². The lowest BCUT2D eigenvalue weighted by Crippen LogP contribution is -2.48. The average Bonchev–Trinajstić information content (AvgIpc) is 3.01. The van der Waals surface area contributed by atoms with Crippen molar-refractivity contribution in [2.45, 2.75) is 97.1 Å². The highest BCUT2D eigenvalue weighted by molar-refractivity contribution is 5.93. The molecule has 0 spiro atoms. The van der Waals surface area contributed by atoms with Gasteiger partial charge in [0.1, 0.15) is 5.60 Å². The van der Waals surface area contributed by atoms with Gasteiger partial charge in [0.2, 0.25) is 0 Å². The van der Waals surface area contributed by atoms with Crippen LogP contribution < -0.4 is 0 Å². The maximum Gasteiger partial charge on any atom is 0.410 e. The van der Waals surface area contributed by atoms with E-state index in [4.69, 9.17) is 9.73 Å². The summed E-state index contributed by atoms with van der Waals surface area (Å²) in [5, 5.41) is 0. The highest BCUT2D eigenvalue weighted by Crippen LogP contribution is 2.31. The highest BCUT2D eigenvalue weighted by atomic mass is 16.6. The van der Waals surface area contributed by atoms with Crippen LogP contribution in [-0.4, -0.2) is 34.9 Å². The van der Waals surface area contributed by atoms with Crippen LogP contribution in [0.3, 0.4) is 0 Å². The predicted octanol–water partition coefficient (Wildman–Crippen LogP) is 7.43. The smallest absolute Gasteiger partial charge is 0.410 e. The molecule has 1 aromatic rings. The van der Waals surface area contributed by atoms with E-state index in [0.717, 1.165) is 70.0 Å². The fraction of sp³-hybridized carbons (Fsp3) is 0.586. The van der Waals surface area contributed by atoms with Crippen molar-refractivity contribution in [3.63, 3.8) is 0 Å². The van der Waals surface area contributed by atoms with E-state index in [9.17, 15) is 4.79 Å². The van der Waals surface area contributed by atoms with Gasteiger partial charge in [-0.15, -0.1) is 0 Å². The normalized spacial score (nSPS) is 24.1. The van der Waals surface area contributed by atoms with Gasteiger partial charge in [-0.2, -0.15) is 0 Å². The Morgan fingerprint density at radius 2 is 1.94 bits per heavy atom. The fourth-order valence-corrected chi connectivity index (χ4v) is 5.25. The molecule has 2 atom stereocenters. The topological polar surface area (TPSA) is 41.9 Å². The van der Waals surface area contributed by atoms with Crippen LogP contribution in [-0.2, 0) is 11.2 Å². The molecule has 3 aliphatic rings. The van der Waals surface area contributed by atoms with Crippen LogP contribution in [0.1, 0.15) is 95.8 Å². The van der Waals surface area contributed by atoms with Gasteiger partial charge in [-0.3, -0.25) is 9.89 Å². The molecule has 0 N–H and O–H groups in total. The predicted molar refractivity (Wildman–Crippen MR) is 137 cm³/mol. The molecule has 1 aromatic carbocycles. The largest absolute Gasteiger partial charge is 0.444 e. The van der Waals surface area contributed by atoms with Gasteiger partial charge in [-0.1, -0.05) is 37.3 Å². The Morgan fingerprint density at radius 3 is 2.76 bits per heavy atom. The summed E-state index contributed by atoms with van der Waals surface area (Å²) >= 11 is 0.